The van der Waals surface area contributed by atoms with Gasteiger partial charge < -0.3 is 4.98 Å². The van der Waals surface area contributed by atoms with Crippen molar-refractivity contribution in [3.05, 3.63) is 108 Å². The molecular weight excluding hydrogens is 409 g/mol. The molecule has 6 rings (SSSR count). The highest BCUT2D eigenvalue weighted by atomic mass is 19.1. The molecule has 0 saturated carbocycles. The van der Waals surface area contributed by atoms with Gasteiger partial charge in [-0.3, -0.25) is 9.88 Å². The highest BCUT2D eigenvalue weighted by Crippen LogP contribution is 2.43. The number of aromatic amines is 1. The molecular formula is C29H26FN3. The van der Waals surface area contributed by atoms with E-state index in [1.54, 1.807) is 0 Å². The summed E-state index contributed by atoms with van der Waals surface area (Å²) < 4.78 is 13.6. The number of fused-ring (bicyclic) bond motifs is 1. The van der Waals surface area contributed by atoms with Gasteiger partial charge in [-0.05, 0) is 77.4 Å². The number of benzene rings is 2. The maximum Gasteiger partial charge on any atom is 0.123 e. The van der Waals surface area contributed by atoms with Crippen LogP contribution in [0.5, 0.6) is 0 Å². The lowest BCUT2D eigenvalue weighted by Gasteiger charge is -2.29. The molecule has 0 amide bonds. The number of rotatable bonds is 4. The van der Waals surface area contributed by atoms with E-state index in [1.807, 2.05) is 24.5 Å². The highest BCUT2D eigenvalue weighted by Gasteiger charge is 2.35. The minimum atomic E-state index is -0.222. The third kappa shape index (κ3) is 3.81. The molecule has 1 saturated heterocycles. The van der Waals surface area contributed by atoms with E-state index in [0.29, 0.717) is 12.0 Å². The van der Waals surface area contributed by atoms with Crippen molar-refractivity contribution in [3.63, 3.8) is 0 Å². The Labute approximate surface area is 193 Å². The predicted molar refractivity (Wildman–Crippen MR) is 131 cm³/mol. The molecule has 2 aromatic carbocycles. The summed E-state index contributed by atoms with van der Waals surface area (Å²) in [7, 11) is 0. The second kappa shape index (κ2) is 8.45. The van der Waals surface area contributed by atoms with Crippen molar-refractivity contribution in [2.24, 2.45) is 0 Å². The molecule has 33 heavy (non-hydrogen) atoms. The van der Waals surface area contributed by atoms with Crippen molar-refractivity contribution in [2.75, 3.05) is 13.1 Å². The fourth-order valence-electron chi connectivity index (χ4n) is 5.51. The van der Waals surface area contributed by atoms with Crippen LogP contribution in [-0.4, -0.2) is 34.0 Å². The second-order valence-electron chi connectivity index (χ2n) is 9.08. The van der Waals surface area contributed by atoms with E-state index in [1.165, 1.54) is 40.8 Å². The van der Waals surface area contributed by atoms with Gasteiger partial charge >= 0.3 is 0 Å². The van der Waals surface area contributed by atoms with Gasteiger partial charge in [0.15, 0.2) is 0 Å². The molecule has 2 aliphatic heterocycles. The highest BCUT2D eigenvalue weighted by molar-refractivity contribution is 5.91. The van der Waals surface area contributed by atoms with Crippen molar-refractivity contribution in [3.8, 4) is 22.4 Å². The van der Waals surface area contributed by atoms with Crippen LogP contribution in [-0.2, 0) is 0 Å². The molecule has 2 atom stereocenters. The monoisotopic (exact) mass is 435 g/mol. The van der Waals surface area contributed by atoms with E-state index in [2.05, 4.69) is 69.6 Å². The predicted octanol–water partition coefficient (Wildman–Crippen LogP) is 6.53. The van der Waals surface area contributed by atoms with Crippen LogP contribution < -0.4 is 0 Å². The molecule has 0 radical (unpaired) electrons. The first kappa shape index (κ1) is 20.1. The summed E-state index contributed by atoms with van der Waals surface area (Å²) in [6.45, 7) is 2.11. The van der Waals surface area contributed by atoms with Crippen LogP contribution in [0.2, 0.25) is 0 Å². The topological polar surface area (TPSA) is 31.9 Å². The Kier molecular flexibility index (Phi) is 5.16. The fraction of sp³-hybridized carbons (Fsp3) is 0.207. The molecule has 0 aliphatic carbocycles. The Morgan fingerprint density at radius 1 is 0.909 bits per heavy atom. The average molecular weight is 436 g/mol. The minimum absolute atomic E-state index is 0.222. The van der Waals surface area contributed by atoms with Crippen molar-refractivity contribution < 1.29 is 4.39 Å². The molecule has 2 unspecified atom stereocenters. The lowest BCUT2D eigenvalue weighted by Crippen LogP contribution is -2.33. The number of H-pyrrole nitrogens is 1. The second-order valence-corrected chi connectivity index (χ2v) is 9.08. The number of aromatic nitrogens is 2. The SMILES string of the molecule is Fc1ccc(-c2[nH]cc(C3=CCN4CC(c5ccccc5)CC4C3)c2-c2ccncc2)cc1. The maximum absolute atomic E-state index is 13.6. The standard InChI is InChI=1S/C29H26FN3/c30-25-8-6-22(7-9-25)29-28(21-10-13-31-14-11-21)27(18-32-29)23-12-15-33-19-24(17-26(33)16-23)20-4-2-1-3-5-20/h1-14,18,24,26,32H,15-17,19H2. The van der Waals surface area contributed by atoms with Crippen LogP contribution in [0.3, 0.4) is 0 Å². The van der Waals surface area contributed by atoms with E-state index >= 15 is 0 Å². The molecule has 164 valence electrons. The summed E-state index contributed by atoms with van der Waals surface area (Å²) >= 11 is 0. The molecule has 1 N–H and O–H groups in total. The number of halogens is 1. The number of nitrogens with zero attached hydrogens (tertiary/aromatic N) is 2. The zero-order valence-electron chi connectivity index (χ0n) is 18.4. The number of hydrogen-bond acceptors (Lipinski definition) is 2. The summed E-state index contributed by atoms with van der Waals surface area (Å²) in [5, 5.41) is 0. The Balaban J connectivity index is 1.34. The first-order valence-electron chi connectivity index (χ1n) is 11.6. The van der Waals surface area contributed by atoms with Crippen molar-refractivity contribution in [2.45, 2.75) is 24.8 Å². The number of hydrogen-bond donors (Lipinski definition) is 1. The Morgan fingerprint density at radius 2 is 1.70 bits per heavy atom. The number of nitrogens with one attached hydrogen (secondary N) is 1. The van der Waals surface area contributed by atoms with Gasteiger partial charge in [-0.2, -0.15) is 0 Å². The maximum atomic E-state index is 13.6. The lowest BCUT2D eigenvalue weighted by atomic mass is 9.88. The lowest BCUT2D eigenvalue weighted by molar-refractivity contribution is 0.274. The van der Waals surface area contributed by atoms with E-state index in [4.69, 9.17) is 0 Å². The summed E-state index contributed by atoms with van der Waals surface area (Å²) in [4.78, 5) is 10.3. The smallest absolute Gasteiger partial charge is 0.123 e. The molecule has 4 aromatic rings. The van der Waals surface area contributed by atoms with Gasteiger partial charge in [-0.1, -0.05) is 36.4 Å². The minimum Gasteiger partial charge on any atom is -0.360 e. The van der Waals surface area contributed by atoms with Crippen molar-refractivity contribution >= 4 is 5.57 Å². The molecule has 0 bridgehead atoms. The molecule has 2 aromatic heterocycles. The quantitative estimate of drug-likeness (QED) is 0.395. The van der Waals surface area contributed by atoms with Crippen molar-refractivity contribution in [1.29, 1.82) is 0 Å². The van der Waals surface area contributed by atoms with Crippen LogP contribution in [0.25, 0.3) is 28.0 Å². The molecule has 2 aliphatic rings. The molecule has 3 nitrogen and oxygen atoms in total. The van der Waals surface area contributed by atoms with Gasteiger partial charge in [-0.25, -0.2) is 4.39 Å². The zero-order valence-corrected chi connectivity index (χ0v) is 18.4. The van der Waals surface area contributed by atoms with Gasteiger partial charge in [-0.15, -0.1) is 0 Å². The Hall–Kier alpha value is -3.50. The van der Waals surface area contributed by atoms with Crippen LogP contribution >= 0.6 is 0 Å². The summed E-state index contributed by atoms with van der Waals surface area (Å²) in [6.07, 6.45) is 10.4. The molecule has 0 spiro atoms. The number of pyridine rings is 1. The summed E-state index contributed by atoms with van der Waals surface area (Å²) in [5.41, 5.74) is 8.38. The van der Waals surface area contributed by atoms with E-state index in [9.17, 15) is 4.39 Å². The van der Waals surface area contributed by atoms with E-state index in [-0.39, 0.29) is 5.82 Å². The van der Waals surface area contributed by atoms with E-state index in [0.717, 1.165) is 36.3 Å². The normalized spacial score (nSPS) is 20.5. The van der Waals surface area contributed by atoms with Crippen LogP contribution in [0.15, 0.2) is 91.4 Å². The molecule has 4 heterocycles. The van der Waals surface area contributed by atoms with Crippen LogP contribution in [0.1, 0.15) is 29.9 Å². The Bertz CT molecular complexity index is 1280. The summed E-state index contributed by atoms with van der Waals surface area (Å²) in [5.74, 6) is 0.380. The third-order valence-corrected chi connectivity index (χ3v) is 7.15. The first-order valence-corrected chi connectivity index (χ1v) is 11.6. The van der Waals surface area contributed by atoms with Crippen LogP contribution in [0, 0.1) is 5.82 Å². The average Bonchev–Trinajstić information content (AvgIpc) is 3.50. The fourth-order valence-corrected chi connectivity index (χ4v) is 5.51. The Morgan fingerprint density at radius 3 is 2.48 bits per heavy atom. The van der Waals surface area contributed by atoms with Gasteiger partial charge in [0.2, 0.25) is 0 Å². The summed E-state index contributed by atoms with van der Waals surface area (Å²) in [6, 6.07) is 22.3. The van der Waals surface area contributed by atoms with Gasteiger partial charge in [0, 0.05) is 48.8 Å². The molecule has 1 fully saturated rings. The largest absolute Gasteiger partial charge is 0.360 e. The zero-order chi connectivity index (χ0) is 22.2. The molecule has 4 heteroatoms. The van der Waals surface area contributed by atoms with Crippen molar-refractivity contribution in [1.82, 2.24) is 14.9 Å². The van der Waals surface area contributed by atoms with Gasteiger partial charge in [0.25, 0.3) is 0 Å². The van der Waals surface area contributed by atoms with Crippen LogP contribution in [0.4, 0.5) is 4.39 Å². The first-order chi connectivity index (χ1) is 16.3. The van der Waals surface area contributed by atoms with Gasteiger partial charge in [0.05, 0.1) is 5.69 Å². The van der Waals surface area contributed by atoms with Gasteiger partial charge in [0.1, 0.15) is 5.82 Å². The van der Waals surface area contributed by atoms with E-state index < -0.39 is 0 Å². The third-order valence-electron chi connectivity index (χ3n) is 7.15.